The van der Waals surface area contributed by atoms with Crippen LogP contribution in [-0.2, 0) is 6.54 Å². The number of para-hydroxylation sites is 1. The van der Waals surface area contributed by atoms with Crippen molar-refractivity contribution in [3.63, 3.8) is 0 Å². The first-order chi connectivity index (χ1) is 28.1. The minimum atomic E-state index is 0.364. The summed E-state index contributed by atoms with van der Waals surface area (Å²) >= 11 is 1.84. The summed E-state index contributed by atoms with van der Waals surface area (Å²) in [5.74, 6) is 0.915. The largest absolute Gasteiger partial charge is 0.456 e. The van der Waals surface area contributed by atoms with Gasteiger partial charge in [-0.3, -0.25) is 4.99 Å². The van der Waals surface area contributed by atoms with E-state index in [4.69, 9.17) is 24.6 Å². The van der Waals surface area contributed by atoms with Crippen LogP contribution in [-0.4, -0.2) is 11.7 Å². The van der Waals surface area contributed by atoms with Gasteiger partial charge in [0.15, 0.2) is 5.84 Å². The molecule has 0 saturated carbocycles. The molecule has 0 aliphatic rings. The second-order valence-corrected chi connectivity index (χ2v) is 15.4. The van der Waals surface area contributed by atoms with Gasteiger partial charge in [0.2, 0.25) is 0 Å². The molecule has 0 aliphatic carbocycles. The molecule has 0 amide bonds. The third-order valence-corrected chi connectivity index (χ3v) is 11.9. The lowest BCUT2D eigenvalue weighted by Crippen LogP contribution is -2.16. The van der Waals surface area contributed by atoms with Crippen LogP contribution in [0.15, 0.2) is 195 Å². The van der Waals surface area contributed by atoms with Crippen molar-refractivity contribution in [2.45, 2.75) is 6.54 Å². The molecule has 11 rings (SSSR count). The van der Waals surface area contributed by atoms with Gasteiger partial charge in [-0.1, -0.05) is 127 Å². The number of nitrogens with zero attached hydrogens (tertiary/aromatic N) is 2. The molecule has 0 aliphatic heterocycles. The quantitative estimate of drug-likeness (QED) is 0.136. The van der Waals surface area contributed by atoms with Crippen LogP contribution in [0.3, 0.4) is 0 Å². The fourth-order valence-electron chi connectivity index (χ4n) is 8.08. The molecule has 0 spiro atoms. The molecule has 57 heavy (non-hydrogen) atoms. The molecule has 8 aromatic carbocycles. The third-order valence-electron chi connectivity index (χ3n) is 10.8. The lowest BCUT2D eigenvalue weighted by molar-refractivity contribution is 0.668. The predicted molar refractivity (Wildman–Crippen MR) is 239 cm³/mol. The molecule has 0 atom stereocenters. The Morgan fingerprint density at radius 3 is 2.09 bits per heavy atom. The van der Waals surface area contributed by atoms with Crippen LogP contribution in [0, 0.1) is 0 Å². The Kier molecular flexibility index (Phi) is 7.83. The molecule has 0 saturated heterocycles. The lowest BCUT2D eigenvalue weighted by atomic mass is 9.96. The third kappa shape index (κ3) is 5.77. The fourth-order valence-corrected chi connectivity index (χ4v) is 9.25. The number of nitrogens with two attached hydrogens (primary N) is 1. The Balaban J connectivity index is 0.990. The molecule has 3 heterocycles. The first kappa shape index (κ1) is 33.1. The van der Waals surface area contributed by atoms with E-state index in [1.54, 1.807) is 0 Å². The van der Waals surface area contributed by atoms with Crippen LogP contribution in [0.2, 0.25) is 0 Å². The van der Waals surface area contributed by atoms with Gasteiger partial charge in [0.05, 0.1) is 6.54 Å². The zero-order valence-corrected chi connectivity index (χ0v) is 31.5. The van der Waals surface area contributed by atoms with E-state index in [0.717, 1.165) is 66.1 Å². The summed E-state index contributed by atoms with van der Waals surface area (Å²) < 4.78 is 15.1. The number of benzene rings is 8. The first-order valence-electron chi connectivity index (χ1n) is 19.0. The average Bonchev–Trinajstić information content (AvgIpc) is 3.96. The van der Waals surface area contributed by atoms with Gasteiger partial charge in [-0.25, -0.2) is 4.99 Å². The smallest absolute Gasteiger partial charge is 0.157 e. The maximum absolute atomic E-state index is 6.72. The van der Waals surface area contributed by atoms with E-state index in [0.29, 0.717) is 18.2 Å². The van der Waals surface area contributed by atoms with Crippen molar-refractivity contribution < 1.29 is 8.83 Å². The number of rotatable bonds is 6. The van der Waals surface area contributed by atoms with Crippen molar-refractivity contribution in [3.8, 4) is 22.3 Å². The van der Waals surface area contributed by atoms with E-state index < -0.39 is 0 Å². The molecule has 3 aromatic heterocycles. The zero-order chi connectivity index (χ0) is 37.9. The van der Waals surface area contributed by atoms with Crippen molar-refractivity contribution >= 4 is 87.1 Å². The van der Waals surface area contributed by atoms with Crippen molar-refractivity contribution in [2.75, 3.05) is 0 Å². The van der Waals surface area contributed by atoms with Crippen LogP contribution in [0.1, 0.15) is 16.7 Å². The first-order valence-corrected chi connectivity index (χ1v) is 19.8. The van der Waals surface area contributed by atoms with Crippen molar-refractivity contribution in [2.24, 2.45) is 15.7 Å². The number of fused-ring (bicyclic) bond motifs is 9. The Morgan fingerprint density at radius 1 is 0.474 bits per heavy atom. The highest BCUT2D eigenvalue weighted by Gasteiger charge is 2.17. The average molecular weight is 752 g/mol. The lowest BCUT2D eigenvalue weighted by Gasteiger charge is -2.07. The SMILES string of the molecule is NC(=NC(=NCc1cccc2oc3ccc(-c4cccc5sc6cc(-c7ccccc7)ccc6c45)cc3c12)c1ccccc1)c1ccc2c(c1)oc1ccccc12. The molecule has 0 unspecified atom stereocenters. The second-order valence-electron chi connectivity index (χ2n) is 14.3. The number of hydrogen-bond acceptors (Lipinski definition) is 4. The summed E-state index contributed by atoms with van der Waals surface area (Å²) in [5.41, 5.74) is 17.5. The summed E-state index contributed by atoms with van der Waals surface area (Å²) in [6.07, 6.45) is 0. The number of hydrogen-bond donors (Lipinski definition) is 1. The molecular formula is C51H33N3O2S. The number of aliphatic imine (C=N–C) groups is 2. The van der Waals surface area contributed by atoms with E-state index in [-0.39, 0.29) is 0 Å². The highest BCUT2D eigenvalue weighted by atomic mass is 32.1. The van der Waals surface area contributed by atoms with Gasteiger partial charge in [-0.05, 0) is 76.3 Å². The molecule has 0 bridgehead atoms. The van der Waals surface area contributed by atoms with Crippen molar-refractivity contribution in [1.82, 2.24) is 0 Å². The molecule has 5 nitrogen and oxygen atoms in total. The van der Waals surface area contributed by atoms with Crippen LogP contribution in [0.25, 0.3) is 86.3 Å². The van der Waals surface area contributed by atoms with Crippen molar-refractivity contribution in [3.05, 3.63) is 193 Å². The fraction of sp³-hybridized carbons (Fsp3) is 0.0196. The molecule has 2 N–H and O–H groups in total. The summed E-state index contributed by atoms with van der Waals surface area (Å²) in [7, 11) is 0. The summed E-state index contributed by atoms with van der Waals surface area (Å²) in [5, 5.41) is 6.76. The van der Waals surface area contributed by atoms with Gasteiger partial charge in [0.1, 0.15) is 28.2 Å². The Bertz CT molecular complexity index is 3390. The molecule has 0 fully saturated rings. The maximum Gasteiger partial charge on any atom is 0.157 e. The molecule has 11 aromatic rings. The van der Waals surface area contributed by atoms with Crippen LogP contribution >= 0.6 is 11.3 Å². The monoisotopic (exact) mass is 751 g/mol. The zero-order valence-electron chi connectivity index (χ0n) is 30.6. The molecule has 270 valence electrons. The number of amidine groups is 2. The van der Waals surface area contributed by atoms with E-state index in [1.807, 2.05) is 90.2 Å². The predicted octanol–water partition coefficient (Wildman–Crippen LogP) is 13.5. The van der Waals surface area contributed by atoms with Gasteiger partial charge >= 0.3 is 0 Å². The Morgan fingerprint density at radius 2 is 1.19 bits per heavy atom. The second kappa shape index (κ2) is 13.5. The van der Waals surface area contributed by atoms with Gasteiger partial charge in [-0.15, -0.1) is 11.3 Å². The topological polar surface area (TPSA) is 77.0 Å². The maximum atomic E-state index is 6.72. The van der Waals surface area contributed by atoms with E-state index in [1.165, 1.54) is 36.9 Å². The molecule has 0 radical (unpaired) electrons. The summed E-state index contributed by atoms with van der Waals surface area (Å²) in [6, 6.07) is 60.7. The standard InChI is InChI=1S/C51H33N3O2S/c52-50(35-22-24-39-38-16-7-8-18-42(38)56-45(39)28-35)54-51(32-13-5-2-6-14-32)53-30-36-15-9-19-44-48(36)41-27-34(23-26-43(41)55-44)37-17-10-20-46-49(37)40-25-21-33(29-47(40)57-46)31-11-3-1-4-12-31/h1-29H,30H2,(H2,52,53,54). The summed E-state index contributed by atoms with van der Waals surface area (Å²) in [4.78, 5) is 10.1. The van der Waals surface area contributed by atoms with Crippen LogP contribution in [0.4, 0.5) is 0 Å². The van der Waals surface area contributed by atoms with Gasteiger partial charge in [0, 0.05) is 52.8 Å². The van der Waals surface area contributed by atoms with Crippen LogP contribution in [0.5, 0.6) is 0 Å². The molecule has 6 heteroatoms. The summed E-state index contributed by atoms with van der Waals surface area (Å²) in [6.45, 7) is 0.383. The van der Waals surface area contributed by atoms with Gasteiger partial charge in [0.25, 0.3) is 0 Å². The van der Waals surface area contributed by atoms with Crippen molar-refractivity contribution in [1.29, 1.82) is 0 Å². The highest BCUT2D eigenvalue weighted by Crippen LogP contribution is 2.43. The number of thiophene rings is 1. The van der Waals surface area contributed by atoms with E-state index in [2.05, 4.69) is 97.1 Å². The van der Waals surface area contributed by atoms with E-state index >= 15 is 0 Å². The van der Waals surface area contributed by atoms with Crippen LogP contribution < -0.4 is 5.73 Å². The Labute approximate surface area is 331 Å². The van der Waals surface area contributed by atoms with Gasteiger partial charge in [-0.2, -0.15) is 0 Å². The highest BCUT2D eigenvalue weighted by molar-refractivity contribution is 7.26. The number of furan rings is 2. The normalized spacial score (nSPS) is 12.6. The minimum absolute atomic E-state index is 0.364. The van der Waals surface area contributed by atoms with Gasteiger partial charge < -0.3 is 14.6 Å². The van der Waals surface area contributed by atoms with E-state index in [9.17, 15) is 0 Å². The molecular weight excluding hydrogens is 719 g/mol. The minimum Gasteiger partial charge on any atom is -0.456 e. The Hall–Kier alpha value is -7.28.